The van der Waals surface area contributed by atoms with Crippen LogP contribution in [0.15, 0.2) is 0 Å². The maximum absolute atomic E-state index is 13.7. The predicted molar refractivity (Wildman–Crippen MR) is 101 cm³/mol. The fourth-order valence-corrected chi connectivity index (χ4v) is 4.01. The fraction of sp³-hybridized carbons (Fsp3) is 1.00. The van der Waals surface area contributed by atoms with Gasteiger partial charge in [0.2, 0.25) is 0 Å². The Bertz CT molecular complexity index is 566. The molecule has 0 saturated heterocycles. The van der Waals surface area contributed by atoms with Crippen molar-refractivity contribution in [1.29, 1.82) is 0 Å². The highest BCUT2D eigenvalue weighted by molar-refractivity contribution is 7.95. The molecule has 0 aromatic carbocycles. The molecule has 0 fully saturated rings. The van der Waals surface area contributed by atoms with Crippen LogP contribution in [-0.4, -0.2) is 36.7 Å². The van der Waals surface area contributed by atoms with Crippen molar-refractivity contribution in [2.75, 3.05) is 6.54 Å². The molecule has 0 aromatic heterocycles. The second kappa shape index (κ2) is 14.0. The van der Waals surface area contributed by atoms with Crippen molar-refractivity contribution in [3.63, 3.8) is 0 Å². The molecule has 14 heteroatoms. The van der Waals surface area contributed by atoms with Crippen LogP contribution in [0, 0.1) is 0 Å². The van der Waals surface area contributed by atoms with Crippen LogP contribution in [0.5, 0.6) is 0 Å². The molecule has 30 heavy (non-hydrogen) atoms. The zero-order chi connectivity index (χ0) is 23.3. The molecule has 6 nitrogen and oxygen atoms in total. The molecule has 0 aliphatic heterocycles. The number of hydrogen-bond acceptors (Lipinski definition) is 6. The summed E-state index contributed by atoms with van der Waals surface area (Å²) in [5.41, 5.74) is 0. The molecule has 0 rings (SSSR count). The van der Waals surface area contributed by atoms with E-state index in [2.05, 4.69) is 16.3 Å². The monoisotopic (exact) mass is 493 g/mol. The molecule has 182 valence electrons. The van der Waals surface area contributed by atoms with E-state index in [0.717, 1.165) is 25.7 Å². The van der Waals surface area contributed by atoms with Gasteiger partial charge in [-0.2, -0.15) is 26.3 Å². The summed E-state index contributed by atoms with van der Waals surface area (Å²) in [4.78, 5) is 0. The molecule has 0 unspecified atom stereocenters. The Labute approximate surface area is 177 Å². The average molecular weight is 494 g/mol. The summed E-state index contributed by atoms with van der Waals surface area (Å²) in [6, 6.07) is 0. The van der Waals surface area contributed by atoms with E-state index in [4.69, 9.17) is 5.26 Å². The number of rotatable bonds is 19. The van der Waals surface area contributed by atoms with E-state index in [1.165, 1.54) is 30.4 Å². The minimum absolute atomic E-state index is 0.0873. The maximum Gasteiger partial charge on any atom is 0.427 e. The molecule has 0 aliphatic carbocycles. The van der Waals surface area contributed by atoms with E-state index in [-0.39, 0.29) is 6.42 Å². The summed E-state index contributed by atoms with van der Waals surface area (Å²) in [7, 11) is -6.12. The van der Waals surface area contributed by atoms with Gasteiger partial charge in [0.15, 0.2) is 0 Å². The van der Waals surface area contributed by atoms with Crippen molar-refractivity contribution in [3.05, 3.63) is 0 Å². The maximum atomic E-state index is 13.7. The third kappa shape index (κ3) is 9.07. The van der Waals surface area contributed by atoms with E-state index >= 15 is 0 Å². The van der Waals surface area contributed by atoms with Crippen LogP contribution in [-0.2, 0) is 19.4 Å². The van der Waals surface area contributed by atoms with Gasteiger partial charge in [0.05, 0.1) is 0 Å². The van der Waals surface area contributed by atoms with Gasteiger partial charge in [0.25, 0.3) is 10.0 Å². The molecule has 0 heterocycles. The first kappa shape index (κ1) is 29.7. The van der Waals surface area contributed by atoms with Gasteiger partial charge in [-0.05, 0) is 6.42 Å². The van der Waals surface area contributed by atoms with Crippen molar-refractivity contribution >= 4 is 22.1 Å². The minimum atomic E-state index is -6.36. The number of halogens is 6. The van der Waals surface area contributed by atoms with Gasteiger partial charge < -0.3 is 0 Å². The molecule has 0 aromatic rings. The van der Waals surface area contributed by atoms with Gasteiger partial charge in [0, 0.05) is 6.54 Å². The second-order valence-corrected chi connectivity index (χ2v) is 9.39. The van der Waals surface area contributed by atoms with Crippen LogP contribution in [0.2, 0.25) is 0 Å². The topological polar surface area (TPSA) is 84.9 Å². The lowest BCUT2D eigenvalue weighted by molar-refractivity contribution is -0.434. The van der Waals surface area contributed by atoms with Crippen molar-refractivity contribution in [2.45, 2.75) is 94.0 Å². The number of nitrogens with one attached hydrogen (secondary N) is 1. The Morgan fingerprint density at radius 2 is 1.27 bits per heavy atom. The molecule has 0 aliphatic rings. The molecule has 0 atom stereocenters. The highest BCUT2D eigenvalue weighted by Crippen LogP contribution is 2.53. The molecule has 0 bridgehead atoms. The predicted octanol–water partition coefficient (Wildman–Crippen LogP) is 6.11. The zero-order valence-corrected chi connectivity index (χ0v) is 18.3. The Morgan fingerprint density at radius 1 is 0.833 bits per heavy atom. The zero-order valence-electron chi connectivity index (χ0n) is 16.6. The number of alkyl halides is 6. The van der Waals surface area contributed by atoms with Crippen LogP contribution in [0.4, 0.5) is 26.3 Å². The first-order chi connectivity index (χ1) is 13.9. The summed E-state index contributed by atoms with van der Waals surface area (Å²) in [6.07, 6.45) is 10.0. The molecule has 0 radical (unpaired) electrons. The second-order valence-electron chi connectivity index (χ2n) is 6.77. The van der Waals surface area contributed by atoms with Gasteiger partial charge in [0.1, 0.15) is 12.0 Å². The minimum Gasteiger partial charge on any atom is -0.220 e. The quantitative estimate of drug-likeness (QED) is 0.0743. The van der Waals surface area contributed by atoms with Crippen molar-refractivity contribution in [2.24, 2.45) is 0 Å². The lowest BCUT2D eigenvalue weighted by atomic mass is 10.1. The molecule has 2 N–H and O–H groups in total. The van der Waals surface area contributed by atoms with Gasteiger partial charge >= 0.3 is 16.4 Å². The Kier molecular flexibility index (Phi) is 13.9. The first-order valence-corrected chi connectivity index (χ1v) is 11.9. The third-order valence-electron chi connectivity index (χ3n) is 4.31. The lowest BCUT2D eigenvalue weighted by Crippen LogP contribution is -2.59. The summed E-state index contributed by atoms with van der Waals surface area (Å²) in [5.74, 6) is -6.36. The van der Waals surface area contributed by atoms with Gasteiger partial charge in [-0.3, -0.25) is 0 Å². The van der Waals surface area contributed by atoms with Crippen molar-refractivity contribution in [1.82, 2.24) is 4.72 Å². The number of unbranched alkanes of at least 4 members (excludes halogenated alkanes) is 10. The molecular weight excluding hydrogens is 464 g/mol. The fourth-order valence-electron chi connectivity index (χ4n) is 2.53. The van der Waals surface area contributed by atoms with Gasteiger partial charge in [-0.1, -0.05) is 76.2 Å². The smallest absolute Gasteiger partial charge is 0.220 e. The summed E-state index contributed by atoms with van der Waals surface area (Å²) in [6.45, 7) is 1.53. The van der Waals surface area contributed by atoms with Crippen molar-refractivity contribution < 1.29 is 49.4 Å². The summed E-state index contributed by atoms with van der Waals surface area (Å²) in [5, 5.41) is -1.51. The lowest BCUT2D eigenvalue weighted by Gasteiger charge is -2.30. The highest BCUT2D eigenvalue weighted by Gasteiger charge is 2.78. The standard InChI is InChI=1S/C16H29F6NO5S2/c1-2-3-4-5-6-7-8-9-10-11-12-13-23-30(25,26)16(21,22)14(17,18)15(19,20)29-28-27-24/h23-24H,2-13H2,1H3. The number of sulfonamides is 1. The Balaban J connectivity index is 4.32. The number of hydrogen-bond donors (Lipinski definition) is 2. The molecule has 0 amide bonds. The van der Waals surface area contributed by atoms with Crippen LogP contribution < -0.4 is 4.72 Å². The molecular formula is C16H29F6NO5S2. The van der Waals surface area contributed by atoms with Gasteiger partial charge in [-0.15, -0.1) is 4.33 Å². The Hall–Kier alpha value is -0.280. The summed E-state index contributed by atoms with van der Waals surface area (Å²) >= 11 is -1.65. The normalized spacial score (nSPS) is 13.7. The Morgan fingerprint density at radius 3 is 1.70 bits per heavy atom. The van der Waals surface area contributed by atoms with E-state index < -0.39 is 45.0 Å². The van der Waals surface area contributed by atoms with E-state index in [1.807, 2.05) is 0 Å². The van der Waals surface area contributed by atoms with E-state index in [1.54, 1.807) is 0 Å². The average Bonchev–Trinajstić information content (AvgIpc) is 2.66. The van der Waals surface area contributed by atoms with Crippen LogP contribution in [0.25, 0.3) is 0 Å². The van der Waals surface area contributed by atoms with Crippen molar-refractivity contribution in [3.8, 4) is 0 Å². The molecule has 0 saturated carbocycles. The molecule has 0 spiro atoms. The third-order valence-corrected chi connectivity index (χ3v) is 6.42. The van der Waals surface area contributed by atoms with E-state index in [9.17, 15) is 34.8 Å². The van der Waals surface area contributed by atoms with Gasteiger partial charge in [-0.25, -0.2) is 18.4 Å². The van der Waals surface area contributed by atoms with Crippen LogP contribution in [0.3, 0.4) is 0 Å². The highest BCUT2D eigenvalue weighted by atomic mass is 32.2. The first-order valence-electron chi connectivity index (χ1n) is 9.66. The SMILES string of the molecule is CCCCCCCCCCCCCNS(=O)(=O)C(F)(F)C(F)(F)C(F)(F)SOOO. The summed E-state index contributed by atoms with van der Waals surface area (Å²) < 4.78 is 108. The largest absolute Gasteiger partial charge is 0.427 e. The van der Waals surface area contributed by atoms with E-state index in [0.29, 0.717) is 12.8 Å². The van der Waals surface area contributed by atoms with Crippen LogP contribution >= 0.6 is 12.0 Å². The van der Waals surface area contributed by atoms with Crippen LogP contribution in [0.1, 0.15) is 77.6 Å².